The number of nitrogens with zero attached hydrogens (tertiary/aromatic N) is 1. The topological polar surface area (TPSA) is 91.3 Å². The Morgan fingerprint density at radius 2 is 1.86 bits per heavy atom. The summed E-state index contributed by atoms with van der Waals surface area (Å²) >= 11 is 0. The Hall–Kier alpha value is -2.94. The molecule has 2 atom stereocenters. The van der Waals surface area contributed by atoms with Crippen molar-refractivity contribution >= 4 is 17.5 Å². The van der Waals surface area contributed by atoms with E-state index in [-0.39, 0.29) is 19.8 Å². The van der Waals surface area contributed by atoms with E-state index in [2.05, 4.69) is 5.48 Å². The van der Waals surface area contributed by atoms with Crippen LogP contribution in [0.1, 0.15) is 5.56 Å². The first-order valence-electron chi connectivity index (χ1n) is 8.82. The second kappa shape index (κ2) is 7.59. The van der Waals surface area contributed by atoms with Crippen LogP contribution in [-0.4, -0.2) is 48.3 Å². The lowest BCUT2D eigenvalue weighted by Gasteiger charge is -2.14. The lowest BCUT2D eigenvalue weighted by Crippen LogP contribution is -2.25. The molecule has 8 heteroatoms. The number of amides is 1. The zero-order chi connectivity index (χ0) is 19.7. The van der Waals surface area contributed by atoms with Gasteiger partial charge in [0.25, 0.3) is 0 Å². The number of aliphatic hydroxyl groups excluding tert-OH is 2. The van der Waals surface area contributed by atoms with E-state index in [1.807, 2.05) is 0 Å². The first-order chi connectivity index (χ1) is 13.6. The van der Waals surface area contributed by atoms with E-state index in [9.17, 15) is 9.18 Å². The molecule has 0 aliphatic carbocycles. The molecule has 2 heterocycles. The molecule has 2 aliphatic heterocycles. The molecule has 2 aromatic carbocycles. The molecule has 0 saturated carbocycles. The number of halogens is 1. The van der Waals surface area contributed by atoms with Crippen LogP contribution in [0.4, 0.5) is 14.9 Å². The number of carbonyl (C=O) groups excluding carboxylic acids is 1. The van der Waals surface area contributed by atoms with Gasteiger partial charge < -0.3 is 14.9 Å². The normalized spacial score (nSPS) is 21.5. The number of hydrogen-bond acceptors (Lipinski definition) is 6. The number of benzene rings is 2. The van der Waals surface area contributed by atoms with E-state index < -0.39 is 24.1 Å². The fourth-order valence-electron chi connectivity index (χ4n) is 3.20. The molecule has 1 unspecified atom stereocenters. The van der Waals surface area contributed by atoms with Crippen LogP contribution in [0.3, 0.4) is 0 Å². The van der Waals surface area contributed by atoms with Gasteiger partial charge >= 0.3 is 6.09 Å². The van der Waals surface area contributed by atoms with Gasteiger partial charge in [0.1, 0.15) is 18.0 Å². The zero-order valence-electron chi connectivity index (χ0n) is 14.8. The summed E-state index contributed by atoms with van der Waals surface area (Å²) < 4.78 is 19.7. The van der Waals surface area contributed by atoms with Gasteiger partial charge in [-0.1, -0.05) is 24.3 Å². The van der Waals surface area contributed by atoms with Gasteiger partial charge in [0.05, 0.1) is 25.5 Å². The van der Waals surface area contributed by atoms with Crippen LogP contribution in [0.5, 0.6) is 0 Å². The van der Waals surface area contributed by atoms with Gasteiger partial charge in [-0.3, -0.25) is 15.2 Å². The molecule has 28 heavy (non-hydrogen) atoms. The van der Waals surface area contributed by atoms with Crippen molar-refractivity contribution in [3.63, 3.8) is 0 Å². The van der Waals surface area contributed by atoms with Crippen molar-refractivity contribution in [3.8, 4) is 11.1 Å². The minimum absolute atomic E-state index is 0.160. The van der Waals surface area contributed by atoms with Gasteiger partial charge in [0, 0.05) is 16.8 Å². The van der Waals surface area contributed by atoms with E-state index in [0.717, 1.165) is 0 Å². The third kappa shape index (κ3) is 3.45. The van der Waals surface area contributed by atoms with Crippen molar-refractivity contribution in [2.45, 2.75) is 12.2 Å². The molecular formula is C20H19FN2O5. The van der Waals surface area contributed by atoms with Crippen molar-refractivity contribution in [3.05, 3.63) is 59.9 Å². The van der Waals surface area contributed by atoms with Crippen LogP contribution in [0, 0.1) is 5.82 Å². The lowest BCUT2D eigenvalue weighted by atomic mass is 10.0. The summed E-state index contributed by atoms with van der Waals surface area (Å²) in [6, 6.07) is 11.7. The van der Waals surface area contributed by atoms with Gasteiger partial charge in [-0.2, -0.15) is 0 Å². The first-order valence-corrected chi connectivity index (χ1v) is 8.82. The maximum Gasteiger partial charge on any atom is 0.414 e. The Morgan fingerprint density at radius 1 is 1.11 bits per heavy atom. The fourth-order valence-corrected chi connectivity index (χ4v) is 3.20. The molecule has 146 valence electrons. The van der Waals surface area contributed by atoms with Crippen molar-refractivity contribution in [1.82, 2.24) is 5.48 Å². The first kappa shape index (κ1) is 18.4. The minimum atomic E-state index is -0.537. The van der Waals surface area contributed by atoms with Crippen LogP contribution in [0.25, 0.3) is 16.8 Å². The molecule has 1 fully saturated rings. The number of carbonyl (C=O) groups is 1. The highest BCUT2D eigenvalue weighted by atomic mass is 19.1. The minimum Gasteiger partial charge on any atom is -0.441 e. The summed E-state index contributed by atoms with van der Waals surface area (Å²) in [6.45, 7) is -0.114. The number of anilines is 1. The molecule has 3 N–H and O–H groups in total. The molecule has 2 aliphatic rings. The summed E-state index contributed by atoms with van der Waals surface area (Å²) in [5, 5.41) is 18.2. The average molecular weight is 386 g/mol. The Bertz CT molecular complexity index is 915. The third-order valence-electron chi connectivity index (χ3n) is 4.70. The number of rotatable bonds is 5. The molecule has 0 spiro atoms. The molecule has 0 radical (unpaired) electrons. The van der Waals surface area contributed by atoms with E-state index in [0.29, 0.717) is 28.1 Å². The number of hydroxylamine groups is 1. The summed E-state index contributed by atoms with van der Waals surface area (Å²) in [5.41, 5.74) is 5.60. The van der Waals surface area contributed by atoms with E-state index in [4.69, 9.17) is 19.8 Å². The quantitative estimate of drug-likeness (QED) is 0.729. The second-order valence-electron chi connectivity index (χ2n) is 6.56. The zero-order valence-corrected chi connectivity index (χ0v) is 14.8. The summed E-state index contributed by atoms with van der Waals surface area (Å²) in [5.74, 6) is -0.402. The number of ether oxygens (including phenoxy) is 1. The van der Waals surface area contributed by atoms with Gasteiger partial charge in [-0.15, -0.1) is 0 Å². The maximum atomic E-state index is 14.7. The summed E-state index contributed by atoms with van der Waals surface area (Å²) in [7, 11) is 0. The molecule has 0 aromatic heterocycles. The van der Waals surface area contributed by atoms with E-state index >= 15 is 0 Å². The SMILES string of the molecule is O=C1O[C@@H](CO)CN1c1ccc(-c2ccc(C3=CC(CO)ON3)cc2F)cc1. The monoisotopic (exact) mass is 386 g/mol. The van der Waals surface area contributed by atoms with Crippen LogP contribution >= 0.6 is 0 Å². The number of hydrogen-bond donors (Lipinski definition) is 3. The number of nitrogens with one attached hydrogen (secondary N) is 1. The second-order valence-corrected chi connectivity index (χ2v) is 6.56. The highest BCUT2D eigenvalue weighted by molar-refractivity contribution is 5.90. The Kier molecular flexibility index (Phi) is 4.99. The van der Waals surface area contributed by atoms with Crippen molar-refractivity contribution in [2.75, 3.05) is 24.7 Å². The third-order valence-corrected chi connectivity index (χ3v) is 4.70. The van der Waals surface area contributed by atoms with E-state index in [1.165, 1.54) is 11.0 Å². The highest BCUT2D eigenvalue weighted by Gasteiger charge is 2.31. The van der Waals surface area contributed by atoms with Crippen LogP contribution in [0.2, 0.25) is 0 Å². The largest absolute Gasteiger partial charge is 0.441 e. The Balaban J connectivity index is 1.54. The number of aliphatic hydroxyl groups is 2. The number of cyclic esters (lactones) is 1. The summed E-state index contributed by atoms with van der Waals surface area (Å²) in [4.78, 5) is 18.4. The van der Waals surface area contributed by atoms with Gasteiger partial charge in [-0.05, 0) is 29.8 Å². The highest BCUT2D eigenvalue weighted by Crippen LogP contribution is 2.29. The molecule has 2 aromatic rings. The van der Waals surface area contributed by atoms with Crippen molar-refractivity contribution < 1.29 is 29.0 Å². The van der Waals surface area contributed by atoms with E-state index in [1.54, 1.807) is 42.5 Å². The molecule has 1 saturated heterocycles. The van der Waals surface area contributed by atoms with Gasteiger partial charge in [0.15, 0.2) is 0 Å². The van der Waals surface area contributed by atoms with Crippen LogP contribution in [0.15, 0.2) is 48.5 Å². The van der Waals surface area contributed by atoms with Crippen molar-refractivity contribution in [1.29, 1.82) is 0 Å². The predicted octanol–water partition coefficient (Wildman–Crippen LogP) is 2.05. The Morgan fingerprint density at radius 3 is 2.46 bits per heavy atom. The van der Waals surface area contributed by atoms with Crippen LogP contribution in [-0.2, 0) is 9.57 Å². The average Bonchev–Trinajstić information content (AvgIpc) is 3.34. The molecule has 0 bridgehead atoms. The van der Waals surface area contributed by atoms with Crippen LogP contribution < -0.4 is 10.4 Å². The molecule has 1 amide bonds. The standard InChI is InChI=1S/C20H19FN2O5/c21-18-7-13(19-8-15(10-24)28-22-19)3-6-17(18)12-1-4-14(5-2-12)23-9-16(11-25)27-20(23)26/h1-8,15-16,22,24-25H,9-11H2/t15?,16-/m1/s1. The maximum absolute atomic E-state index is 14.7. The predicted molar refractivity (Wildman–Crippen MR) is 99.6 cm³/mol. The lowest BCUT2D eigenvalue weighted by molar-refractivity contribution is 0.0173. The molecular weight excluding hydrogens is 367 g/mol. The molecule has 7 nitrogen and oxygen atoms in total. The fraction of sp³-hybridized carbons (Fsp3) is 0.250. The van der Waals surface area contributed by atoms with Gasteiger partial charge in [0.2, 0.25) is 0 Å². The summed E-state index contributed by atoms with van der Waals surface area (Å²) in [6.07, 6.45) is 0.194. The van der Waals surface area contributed by atoms with Crippen molar-refractivity contribution in [2.24, 2.45) is 0 Å². The van der Waals surface area contributed by atoms with Gasteiger partial charge in [-0.25, -0.2) is 9.18 Å². The smallest absolute Gasteiger partial charge is 0.414 e. The Labute approximate surface area is 160 Å². The molecule has 4 rings (SSSR count).